The van der Waals surface area contributed by atoms with Crippen molar-refractivity contribution >= 4 is 10.0 Å². The summed E-state index contributed by atoms with van der Waals surface area (Å²) in [4.78, 5) is 0.192. The Hall–Kier alpha value is -2.05. The third kappa shape index (κ3) is 4.32. The fourth-order valence-electron chi connectivity index (χ4n) is 2.49. The number of benzene rings is 2. The monoisotopic (exact) mass is 363 g/mol. The van der Waals surface area contributed by atoms with Gasteiger partial charge in [0.25, 0.3) is 0 Å². The lowest BCUT2D eigenvalue weighted by Crippen LogP contribution is -2.27. The molecule has 0 spiro atoms. The standard InChI is InChI=1S/C19H25NO4S/c1-14(2)16-8-11-18(24-5)19(12-16)25(21,22)20(3)13-15-6-9-17(23-4)10-7-15/h6-12,14H,13H2,1-5H3. The van der Waals surface area contributed by atoms with Gasteiger partial charge in [-0.15, -0.1) is 0 Å². The molecule has 2 aromatic rings. The first kappa shape index (κ1) is 19.3. The summed E-state index contributed by atoms with van der Waals surface area (Å²) < 4.78 is 37.8. The Morgan fingerprint density at radius 3 is 2.16 bits per heavy atom. The topological polar surface area (TPSA) is 55.8 Å². The maximum atomic E-state index is 13.0. The molecule has 0 unspecified atom stereocenters. The molecule has 0 fully saturated rings. The van der Waals surface area contributed by atoms with Gasteiger partial charge in [-0.1, -0.05) is 32.0 Å². The van der Waals surface area contributed by atoms with Gasteiger partial charge < -0.3 is 9.47 Å². The quantitative estimate of drug-likeness (QED) is 0.753. The molecule has 2 rings (SSSR count). The van der Waals surface area contributed by atoms with E-state index in [0.29, 0.717) is 5.75 Å². The molecule has 0 radical (unpaired) electrons. The Morgan fingerprint density at radius 2 is 1.64 bits per heavy atom. The van der Waals surface area contributed by atoms with Crippen LogP contribution in [0.5, 0.6) is 11.5 Å². The molecule has 0 bridgehead atoms. The molecule has 0 atom stereocenters. The van der Waals surface area contributed by atoms with Crippen LogP contribution in [0.3, 0.4) is 0 Å². The van der Waals surface area contributed by atoms with E-state index in [9.17, 15) is 8.42 Å². The normalized spacial score (nSPS) is 11.8. The first-order valence-corrected chi connectivity index (χ1v) is 9.50. The second-order valence-corrected chi connectivity index (χ2v) is 8.19. The number of hydrogen-bond donors (Lipinski definition) is 0. The third-order valence-corrected chi connectivity index (χ3v) is 5.93. The minimum Gasteiger partial charge on any atom is -0.497 e. The lowest BCUT2D eigenvalue weighted by atomic mass is 10.0. The van der Waals surface area contributed by atoms with Gasteiger partial charge in [-0.2, -0.15) is 4.31 Å². The van der Waals surface area contributed by atoms with Gasteiger partial charge in [-0.25, -0.2) is 8.42 Å². The number of ether oxygens (including phenoxy) is 2. The van der Waals surface area contributed by atoms with E-state index in [-0.39, 0.29) is 17.4 Å². The van der Waals surface area contributed by atoms with Crippen molar-refractivity contribution in [3.8, 4) is 11.5 Å². The van der Waals surface area contributed by atoms with Gasteiger partial charge in [0.15, 0.2) is 0 Å². The van der Waals surface area contributed by atoms with E-state index in [0.717, 1.165) is 16.9 Å². The van der Waals surface area contributed by atoms with Gasteiger partial charge in [0, 0.05) is 13.6 Å². The van der Waals surface area contributed by atoms with Crippen LogP contribution in [0, 0.1) is 0 Å². The second kappa shape index (κ2) is 7.89. The van der Waals surface area contributed by atoms with Crippen LogP contribution >= 0.6 is 0 Å². The van der Waals surface area contributed by atoms with Crippen LogP contribution in [-0.4, -0.2) is 34.0 Å². The molecule has 0 saturated carbocycles. The minimum atomic E-state index is -3.67. The van der Waals surface area contributed by atoms with Crippen molar-refractivity contribution in [3.05, 3.63) is 53.6 Å². The predicted octanol–water partition coefficient (Wildman–Crippen LogP) is 3.65. The van der Waals surface area contributed by atoms with Gasteiger partial charge in [0.05, 0.1) is 14.2 Å². The SMILES string of the molecule is COc1ccc(CN(C)S(=O)(=O)c2cc(C(C)C)ccc2OC)cc1. The highest BCUT2D eigenvalue weighted by molar-refractivity contribution is 7.89. The maximum Gasteiger partial charge on any atom is 0.246 e. The van der Waals surface area contributed by atoms with Crippen molar-refractivity contribution in [1.29, 1.82) is 0 Å². The van der Waals surface area contributed by atoms with Gasteiger partial charge in [-0.05, 0) is 41.3 Å². The van der Waals surface area contributed by atoms with Crippen molar-refractivity contribution < 1.29 is 17.9 Å². The fourth-order valence-corrected chi connectivity index (χ4v) is 3.84. The van der Waals surface area contributed by atoms with E-state index in [4.69, 9.17) is 9.47 Å². The van der Waals surface area contributed by atoms with Crippen molar-refractivity contribution in [2.75, 3.05) is 21.3 Å². The highest BCUT2D eigenvalue weighted by Gasteiger charge is 2.25. The molecule has 0 aliphatic heterocycles. The first-order valence-electron chi connectivity index (χ1n) is 8.06. The zero-order chi connectivity index (χ0) is 18.6. The average Bonchev–Trinajstić information content (AvgIpc) is 2.61. The molecule has 136 valence electrons. The third-order valence-electron chi connectivity index (χ3n) is 4.11. The number of rotatable bonds is 7. The van der Waals surface area contributed by atoms with Gasteiger partial charge in [0.1, 0.15) is 16.4 Å². The average molecular weight is 363 g/mol. The summed E-state index contributed by atoms with van der Waals surface area (Å²) in [5.74, 6) is 1.32. The molecule has 2 aromatic carbocycles. The van der Waals surface area contributed by atoms with Crippen molar-refractivity contribution in [1.82, 2.24) is 4.31 Å². The Labute approximate surface area is 150 Å². The van der Waals surface area contributed by atoms with E-state index in [1.165, 1.54) is 11.4 Å². The van der Waals surface area contributed by atoms with Crippen molar-refractivity contribution in [2.45, 2.75) is 31.2 Å². The van der Waals surface area contributed by atoms with E-state index in [1.54, 1.807) is 26.3 Å². The van der Waals surface area contributed by atoms with Gasteiger partial charge >= 0.3 is 0 Å². The molecule has 0 amide bonds. The Bertz CT molecular complexity index is 814. The molecule has 0 aromatic heterocycles. The molecular formula is C19H25NO4S. The molecule has 0 heterocycles. The summed E-state index contributed by atoms with van der Waals surface area (Å²) in [6.07, 6.45) is 0. The highest BCUT2D eigenvalue weighted by Crippen LogP contribution is 2.30. The minimum absolute atomic E-state index is 0.192. The smallest absolute Gasteiger partial charge is 0.246 e. The number of hydrogen-bond acceptors (Lipinski definition) is 4. The summed E-state index contributed by atoms with van der Waals surface area (Å²) in [5, 5.41) is 0. The molecule has 0 aliphatic rings. The summed E-state index contributed by atoms with van der Waals surface area (Å²) in [7, 11) is 0.972. The van der Waals surface area contributed by atoms with Gasteiger partial charge in [-0.3, -0.25) is 0 Å². The van der Waals surface area contributed by atoms with Crippen molar-refractivity contribution in [2.24, 2.45) is 0 Å². The number of nitrogens with zero attached hydrogens (tertiary/aromatic N) is 1. The highest BCUT2D eigenvalue weighted by atomic mass is 32.2. The predicted molar refractivity (Wildman–Crippen MR) is 98.7 cm³/mol. The van der Waals surface area contributed by atoms with Gasteiger partial charge in [0.2, 0.25) is 10.0 Å². The molecule has 25 heavy (non-hydrogen) atoms. The lowest BCUT2D eigenvalue weighted by Gasteiger charge is -2.20. The number of methoxy groups -OCH3 is 2. The fraction of sp³-hybridized carbons (Fsp3) is 0.368. The zero-order valence-corrected chi connectivity index (χ0v) is 16.1. The second-order valence-electron chi connectivity index (χ2n) is 6.17. The Morgan fingerprint density at radius 1 is 1.00 bits per heavy atom. The molecule has 5 nitrogen and oxygen atoms in total. The summed E-state index contributed by atoms with van der Waals surface area (Å²) >= 11 is 0. The summed E-state index contributed by atoms with van der Waals surface area (Å²) in [5.41, 5.74) is 1.84. The molecular weight excluding hydrogens is 338 g/mol. The van der Waals surface area contributed by atoms with Crippen LogP contribution in [0.25, 0.3) is 0 Å². The maximum absolute atomic E-state index is 13.0. The van der Waals surface area contributed by atoms with E-state index in [2.05, 4.69) is 0 Å². The Balaban J connectivity index is 2.34. The Kier molecular flexibility index (Phi) is 6.08. The van der Waals surface area contributed by atoms with Crippen LogP contribution in [0.1, 0.15) is 30.9 Å². The largest absolute Gasteiger partial charge is 0.497 e. The van der Waals surface area contributed by atoms with E-state index in [1.807, 2.05) is 44.2 Å². The number of sulfonamides is 1. The zero-order valence-electron chi connectivity index (χ0n) is 15.3. The van der Waals surface area contributed by atoms with Crippen LogP contribution < -0.4 is 9.47 Å². The van der Waals surface area contributed by atoms with E-state index >= 15 is 0 Å². The molecule has 0 N–H and O–H groups in total. The van der Waals surface area contributed by atoms with Crippen LogP contribution in [-0.2, 0) is 16.6 Å². The summed E-state index contributed by atoms with van der Waals surface area (Å²) in [6, 6.07) is 12.6. The van der Waals surface area contributed by atoms with Crippen LogP contribution in [0.15, 0.2) is 47.4 Å². The molecule has 0 aliphatic carbocycles. The molecule has 6 heteroatoms. The summed E-state index contributed by atoms with van der Waals surface area (Å²) in [6.45, 7) is 4.32. The van der Waals surface area contributed by atoms with E-state index < -0.39 is 10.0 Å². The first-order chi connectivity index (χ1) is 11.8. The lowest BCUT2D eigenvalue weighted by molar-refractivity contribution is 0.397. The van der Waals surface area contributed by atoms with Crippen molar-refractivity contribution in [3.63, 3.8) is 0 Å². The van der Waals surface area contributed by atoms with Crippen LogP contribution in [0.2, 0.25) is 0 Å². The molecule has 0 saturated heterocycles. The van der Waals surface area contributed by atoms with Crippen LogP contribution in [0.4, 0.5) is 0 Å².